The number of hydrogen-bond donors (Lipinski definition) is 0. The molecule has 0 N–H and O–H groups in total. The molecule has 3 amide bonds. The van der Waals surface area contributed by atoms with E-state index in [9.17, 15) is 14.4 Å². The number of anilines is 1. The van der Waals surface area contributed by atoms with Crippen molar-refractivity contribution in [1.82, 2.24) is 9.80 Å². The van der Waals surface area contributed by atoms with Gasteiger partial charge in [-0.05, 0) is 62.7 Å². The van der Waals surface area contributed by atoms with Gasteiger partial charge in [-0.3, -0.25) is 4.90 Å². The van der Waals surface area contributed by atoms with Crippen LogP contribution in [0.2, 0.25) is 0 Å². The fourth-order valence-corrected chi connectivity index (χ4v) is 3.66. The van der Waals surface area contributed by atoms with Crippen LogP contribution in [0.15, 0.2) is 48.5 Å². The van der Waals surface area contributed by atoms with E-state index in [1.54, 1.807) is 58.2 Å². The molecule has 0 spiro atoms. The van der Waals surface area contributed by atoms with Crippen LogP contribution in [-0.2, 0) is 16.0 Å². The average molecular weight is 484 g/mol. The summed E-state index contributed by atoms with van der Waals surface area (Å²) in [7, 11) is 2.92. The maximum absolute atomic E-state index is 13.6. The van der Waals surface area contributed by atoms with Gasteiger partial charge in [0.2, 0.25) is 0 Å². The molecule has 1 aliphatic rings. The van der Waals surface area contributed by atoms with Gasteiger partial charge in [0.15, 0.2) is 0 Å². The van der Waals surface area contributed by atoms with Gasteiger partial charge in [0.1, 0.15) is 11.4 Å². The molecule has 0 atom stereocenters. The second-order valence-electron chi connectivity index (χ2n) is 9.21. The number of amides is 3. The van der Waals surface area contributed by atoms with Gasteiger partial charge >= 0.3 is 18.1 Å². The summed E-state index contributed by atoms with van der Waals surface area (Å²) in [6, 6.07) is 14.1. The van der Waals surface area contributed by atoms with E-state index in [-0.39, 0.29) is 12.1 Å². The Balaban J connectivity index is 1.75. The maximum Gasteiger partial charge on any atom is 0.410 e. The molecule has 1 saturated heterocycles. The van der Waals surface area contributed by atoms with Crippen LogP contribution in [0.5, 0.6) is 5.75 Å². The van der Waals surface area contributed by atoms with E-state index in [4.69, 9.17) is 14.2 Å². The molecule has 35 heavy (non-hydrogen) atoms. The maximum atomic E-state index is 13.6. The van der Waals surface area contributed by atoms with E-state index >= 15 is 0 Å². The lowest BCUT2D eigenvalue weighted by Crippen LogP contribution is -2.54. The Morgan fingerprint density at radius 1 is 0.857 bits per heavy atom. The minimum atomic E-state index is -0.571. The largest absolute Gasteiger partial charge is 0.497 e. The summed E-state index contributed by atoms with van der Waals surface area (Å²) in [5.74, 6) is 0.275. The molecule has 0 radical (unpaired) electrons. The first kappa shape index (κ1) is 25.9. The normalized spacial score (nSPS) is 13.7. The molecule has 0 aliphatic carbocycles. The second kappa shape index (κ2) is 11.1. The van der Waals surface area contributed by atoms with Crippen molar-refractivity contribution in [2.75, 3.05) is 45.3 Å². The van der Waals surface area contributed by atoms with Crippen molar-refractivity contribution in [2.24, 2.45) is 0 Å². The predicted molar refractivity (Wildman–Crippen MR) is 132 cm³/mol. The number of esters is 1. The number of carbonyl (C=O) groups excluding carboxylic acids is 3. The number of rotatable bonds is 5. The molecule has 1 aliphatic heterocycles. The van der Waals surface area contributed by atoms with Gasteiger partial charge < -0.3 is 24.0 Å². The Morgan fingerprint density at radius 2 is 1.43 bits per heavy atom. The number of benzene rings is 2. The third kappa shape index (κ3) is 6.88. The second-order valence-corrected chi connectivity index (χ2v) is 9.21. The number of urea groups is 1. The number of methoxy groups -OCH3 is 2. The van der Waals surface area contributed by atoms with Crippen molar-refractivity contribution in [3.63, 3.8) is 0 Å². The highest BCUT2D eigenvalue weighted by Gasteiger charge is 2.30. The van der Waals surface area contributed by atoms with Crippen LogP contribution in [0.1, 0.15) is 36.7 Å². The number of nitrogens with zero attached hydrogens (tertiary/aromatic N) is 3. The van der Waals surface area contributed by atoms with Crippen LogP contribution in [0.4, 0.5) is 15.3 Å². The Morgan fingerprint density at radius 3 is 1.94 bits per heavy atom. The summed E-state index contributed by atoms with van der Waals surface area (Å²) >= 11 is 0. The highest BCUT2D eigenvalue weighted by molar-refractivity contribution is 5.92. The predicted octanol–water partition coefficient (Wildman–Crippen LogP) is 4.16. The summed E-state index contributed by atoms with van der Waals surface area (Å²) in [5, 5.41) is 0. The molecule has 0 unspecified atom stereocenters. The van der Waals surface area contributed by atoms with Crippen LogP contribution < -0.4 is 9.64 Å². The van der Waals surface area contributed by atoms with Crippen molar-refractivity contribution in [3.05, 3.63) is 59.7 Å². The topological polar surface area (TPSA) is 88.6 Å². The van der Waals surface area contributed by atoms with Gasteiger partial charge in [-0.1, -0.05) is 12.1 Å². The van der Waals surface area contributed by atoms with E-state index in [1.807, 2.05) is 32.9 Å². The third-order valence-corrected chi connectivity index (χ3v) is 5.53. The molecule has 1 fully saturated rings. The lowest BCUT2D eigenvalue weighted by atomic mass is 10.1. The first-order valence-electron chi connectivity index (χ1n) is 11.5. The van der Waals surface area contributed by atoms with Crippen LogP contribution in [0.25, 0.3) is 0 Å². The quantitative estimate of drug-likeness (QED) is 0.594. The zero-order chi connectivity index (χ0) is 25.6. The van der Waals surface area contributed by atoms with E-state index < -0.39 is 11.6 Å². The summed E-state index contributed by atoms with van der Waals surface area (Å²) in [4.78, 5) is 42.8. The fraction of sp³-hybridized carbons (Fsp3) is 0.423. The lowest BCUT2D eigenvalue weighted by Gasteiger charge is -2.38. The average Bonchev–Trinajstić information content (AvgIpc) is 2.86. The van der Waals surface area contributed by atoms with Crippen LogP contribution in [-0.4, -0.2) is 73.9 Å². The van der Waals surface area contributed by atoms with Crippen molar-refractivity contribution in [2.45, 2.75) is 32.9 Å². The Hall–Kier alpha value is -3.75. The van der Waals surface area contributed by atoms with Crippen molar-refractivity contribution in [3.8, 4) is 5.75 Å². The molecule has 1 heterocycles. The van der Waals surface area contributed by atoms with Gasteiger partial charge in [0.25, 0.3) is 0 Å². The zero-order valence-electron chi connectivity index (χ0n) is 20.9. The van der Waals surface area contributed by atoms with E-state index in [0.29, 0.717) is 49.7 Å². The van der Waals surface area contributed by atoms with E-state index in [0.717, 1.165) is 5.56 Å². The number of carbonyl (C=O) groups is 3. The Bertz CT molecular complexity index is 1020. The number of piperazine rings is 1. The highest BCUT2D eigenvalue weighted by Crippen LogP contribution is 2.24. The molecule has 3 rings (SSSR count). The van der Waals surface area contributed by atoms with E-state index in [1.165, 1.54) is 7.11 Å². The van der Waals surface area contributed by atoms with Gasteiger partial charge in [-0.2, -0.15) is 0 Å². The highest BCUT2D eigenvalue weighted by atomic mass is 16.6. The Labute approximate surface area is 206 Å². The minimum Gasteiger partial charge on any atom is -0.497 e. The van der Waals surface area contributed by atoms with Crippen LogP contribution in [0, 0.1) is 0 Å². The molecule has 9 nitrogen and oxygen atoms in total. The zero-order valence-corrected chi connectivity index (χ0v) is 20.9. The first-order chi connectivity index (χ1) is 16.6. The molecule has 9 heteroatoms. The molecule has 0 bridgehead atoms. The van der Waals surface area contributed by atoms with Crippen LogP contribution >= 0.6 is 0 Å². The molecule has 0 saturated carbocycles. The number of hydrogen-bond acceptors (Lipinski definition) is 6. The minimum absolute atomic E-state index is 0.170. The van der Waals surface area contributed by atoms with Crippen molar-refractivity contribution >= 4 is 23.8 Å². The number of ether oxygens (including phenoxy) is 3. The first-order valence-corrected chi connectivity index (χ1v) is 11.5. The smallest absolute Gasteiger partial charge is 0.410 e. The van der Waals surface area contributed by atoms with Gasteiger partial charge in [0, 0.05) is 31.9 Å². The summed E-state index contributed by atoms with van der Waals surface area (Å²) in [6.07, 6.45) is -0.373. The monoisotopic (exact) mass is 483 g/mol. The molecule has 0 aromatic heterocycles. The van der Waals surface area contributed by atoms with Crippen molar-refractivity contribution in [1.29, 1.82) is 0 Å². The molecular formula is C26H33N3O6. The van der Waals surface area contributed by atoms with Crippen molar-refractivity contribution < 1.29 is 28.6 Å². The summed E-state index contributed by atoms with van der Waals surface area (Å²) < 4.78 is 15.5. The fourth-order valence-electron chi connectivity index (χ4n) is 3.66. The Kier molecular flexibility index (Phi) is 8.22. The molecule has 188 valence electrons. The molecule has 2 aromatic rings. The van der Waals surface area contributed by atoms with Gasteiger partial charge in [0.05, 0.1) is 26.3 Å². The summed E-state index contributed by atoms with van der Waals surface area (Å²) in [5.41, 5.74) is 1.44. The standard InChI is InChI=1S/C26H33N3O6/c1-26(2,3)35-25(32)28-16-14-27(15-17-28)24(31)29(21-10-12-22(33-4)13-11-21)18-19-6-8-20(9-7-19)23(30)34-5/h6-13H,14-18H2,1-5H3. The lowest BCUT2D eigenvalue weighted by molar-refractivity contribution is 0.0172. The summed E-state index contributed by atoms with van der Waals surface area (Å²) in [6.45, 7) is 7.37. The van der Waals surface area contributed by atoms with Gasteiger partial charge in [-0.25, -0.2) is 14.4 Å². The van der Waals surface area contributed by atoms with Crippen LogP contribution in [0.3, 0.4) is 0 Å². The van der Waals surface area contributed by atoms with Gasteiger partial charge in [-0.15, -0.1) is 0 Å². The molecular weight excluding hydrogens is 450 g/mol. The molecule has 2 aromatic carbocycles. The SMILES string of the molecule is COC(=O)c1ccc(CN(C(=O)N2CCN(C(=O)OC(C)(C)C)CC2)c2ccc(OC)cc2)cc1. The van der Waals surface area contributed by atoms with E-state index in [2.05, 4.69) is 0 Å². The third-order valence-electron chi connectivity index (χ3n) is 5.53.